The molecular weight excluding hydrogens is 286 g/mol. The highest BCUT2D eigenvalue weighted by Crippen LogP contribution is 2.22. The van der Waals surface area contributed by atoms with Crippen LogP contribution in [0.5, 0.6) is 0 Å². The van der Waals surface area contributed by atoms with Gasteiger partial charge in [-0.3, -0.25) is 4.21 Å². The molecule has 0 aliphatic rings. The Labute approximate surface area is 108 Å². The minimum absolute atomic E-state index is 0.320. The molecule has 0 saturated carbocycles. The summed E-state index contributed by atoms with van der Waals surface area (Å²) in [6.07, 6.45) is 2.70. The number of rotatable bonds is 6. The molecule has 1 rings (SSSR count). The van der Waals surface area contributed by atoms with Crippen molar-refractivity contribution in [3.8, 4) is 0 Å². The molecule has 0 saturated heterocycles. The Morgan fingerprint density at radius 2 is 2.12 bits per heavy atom. The van der Waals surface area contributed by atoms with E-state index in [9.17, 15) is 4.21 Å². The smallest absolute Gasteiger partial charge is 0.0302 e. The molecule has 0 aliphatic heterocycles. The zero-order valence-electron chi connectivity index (χ0n) is 9.70. The topological polar surface area (TPSA) is 29.1 Å². The normalized spacial score (nSPS) is 14.7. The van der Waals surface area contributed by atoms with Gasteiger partial charge in [0.25, 0.3) is 0 Å². The molecule has 0 spiro atoms. The van der Waals surface area contributed by atoms with Crippen LogP contribution in [0.1, 0.15) is 24.9 Å². The Balaban J connectivity index is 2.38. The Hall–Kier alpha value is -0.190. The van der Waals surface area contributed by atoms with E-state index >= 15 is 0 Å². The number of benzene rings is 1. The molecular formula is C12H18BrNOS. The van der Waals surface area contributed by atoms with Crippen LogP contribution in [0.15, 0.2) is 28.7 Å². The summed E-state index contributed by atoms with van der Waals surface area (Å²) in [5.41, 5.74) is 1.26. The van der Waals surface area contributed by atoms with Crippen molar-refractivity contribution in [3.63, 3.8) is 0 Å². The summed E-state index contributed by atoms with van der Waals surface area (Å²) in [5, 5.41) is 3.43. The van der Waals surface area contributed by atoms with Crippen LogP contribution in [-0.4, -0.2) is 22.8 Å². The van der Waals surface area contributed by atoms with Gasteiger partial charge in [0.1, 0.15) is 0 Å². The Kier molecular flexibility index (Phi) is 6.24. The molecule has 1 aromatic carbocycles. The third kappa shape index (κ3) is 4.76. The lowest BCUT2D eigenvalue weighted by Gasteiger charge is -2.15. The van der Waals surface area contributed by atoms with E-state index in [0.717, 1.165) is 23.2 Å². The molecule has 0 radical (unpaired) electrons. The molecule has 0 bridgehead atoms. The summed E-state index contributed by atoms with van der Waals surface area (Å²) in [5.74, 6) is 0.773. The molecule has 90 valence electrons. The van der Waals surface area contributed by atoms with Crippen molar-refractivity contribution >= 4 is 26.7 Å². The predicted molar refractivity (Wildman–Crippen MR) is 74.1 cm³/mol. The second kappa shape index (κ2) is 7.20. The first-order valence-electron chi connectivity index (χ1n) is 5.39. The summed E-state index contributed by atoms with van der Waals surface area (Å²) in [6, 6.07) is 8.54. The molecule has 0 amide bonds. The van der Waals surface area contributed by atoms with Gasteiger partial charge in [0, 0.05) is 33.3 Å². The van der Waals surface area contributed by atoms with Crippen molar-refractivity contribution in [1.82, 2.24) is 5.32 Å². The summed E-state index contributed by atoms with van der Waals surface area (Å²) in [6.45, 7) is 3.05. The highest BCUT2D eigenvalue weighted by atomic mass is 79.9. The van der Waals surface area contributed by atoms with E-state index < -0.39 is 10.8 Å². The van der Waals surface area contributed by atoms with Gasteiger partial charge < -0.3 is 5.32 Å². The Morgan fingerprint density at radius 3 is 2.75 bits per heavy atom. The highest BCUT2D eigenvalue weighted by molar-refractivity contribution is 9.10. The van der Waals surface area contributed by atoms with Gasteiger partial charge in [0.05, 0.1) is 0 Å². The fourth-order valence-electron chi connectivity index (χ4n) is 1.53. The summed E-state index contributed by atoms with van der Waals surface area (Å²) in [4.78, 5) is 0. The van der Waals surface area contributed by atoms with Gasteiger partial charge in [-0.1, -0.05) is 34.1 Å². The maximum Gasteiger partial charge on any atom is 0.0302 e. The van der Waals surface area contributed by atoms with Crippen LogP contribution in [-0.2, 0) is 10.8 Å². The van der Waals surface area contributed by atoms with Gasteiger partial charge >= 0.3 is 0 Å². The van der Waals surface area contributed by atoms with Crippen LogP contribution < -0.4 is 5.32 Å². The number of hydrogen-bond donors (Lipinski definition) is 1. The second-order valence-corrected chi connectivity index (χ2v) is 6.24. The monoisotopic (exact) mass is 303 g/mol. The van der Waals surface area contributed by atoms with Crippen molar-refractivity contribution in [2.45, 2.75) is 19.4 Å². The minimum atomic E-state index is -0.678. The van der Waals surface area contributed by atoms with Gasteiger partial charge in [-0.05, 0) is 31.5 Å². The standard InChI is InChI=1S/C12H18BrNOS/c1-10(14-8-5-9-16(2)15)11-6-3-4-7-12(11)13/h3-4,6-7,10,14H,5,8-9H2,1-2H3. The van der Waals surface area contributed by atoms with Crippen molar-refractivity contribution < 1.29 is 4.21 Å². The lowest BCUT2D eigenvalue weighted by atomic mass is 10.1. The van der Waals surface area contributed by atoms with Gasteiger partial charge in [0.15, 0.2) is 0 Å². The summed E-state index contributed by atoms with van der Waals surface area (Å²) >= 11 is 3.54. The first kappa shape index (κ1) is 13.9. The summed E-state index contributed by atoms with van der Waals surface area (Å²) < 4.78 is 12.0. The molecule has 4 heteroatoms. The fraction of sp³-hybridized carbons (Fsp3) is 0.500. The van der Waals surface area contributed by atoms with Crippen LogP contribution in [0, 0.1) is 0 Å². The van der Waals surface area contributed by atoms with Crippen molar-refractivity contribution in [3.05, 3.63) is 34.3 Å². The Bertz CT molecular complexity index is 357. The molecule has 2 atom stereocenters. The van der Waals surface area contributed by atoms with Crippen LogP contribution in [0.25, 0.3) is 0 Å². The third-order valence-corrected chi connectivity index (χ3v) is 4.02. The zero-order chi connectivity index (χ0) is 12.0. The molecule has 0 heterocycles. The van der Waals surface area contributed by atoms with Gasteiger partial charge in [-0.2, -0.15) is 0 Å². The molecule has 2 nitrogen and oxygen atoms in total. The largest absolute Gasteiger partial charge is 0.310 e. The second-order valence-electron chi connectivity index (χ2n) is 3.83. The van der Waals surface area contributed by atoms with E-state index in [4.69, 9.17) is 0 Å². The quantitative estimate of drug-likeness (QED) is 0.819. The minimum Gasteiger partial charge on any atom is -0.310 e. The van der Waals surface area contributed by atoms with Crippen LogP contribution >= 0.6 is 15.9 Å². The van der Waals surface area contributed by atoms with E-state index in [2.05, 4.69) is 40.3 Å². The van der Waals surface area contributed by atoms with Crippen LogP contribution in [0.3, 0.4) is 0 Å². The third-order valence-electron chi connectivity index (χ3n) is 2.43. The van der Waals surface area contributed by atoms with E-state index in [1.807, 2.05) is 12.1 Å². The lowest BCUT2D eigenvalue weighted by molar-refractivity contribution is 0.569. The first-order chi connectivity index (χ1) is 7.61. The zero-order valence-corrected chi connectivity index (χ0v) is 12.1. The van der Waals surface area contributed by atoms with E-state index in [0.29, 0.717) is 6.04 Å². The van der Waals surface area contributed by atoms with Crippen molar-refractivity contribution in [2.24, 2.45) is 0 Å². The first-order valence-corrected chi connectivity index (χ1v) is 7.91. The number of nitrogens with one attached hydrogen (secondary N) is 1. The van der Waals surface area contributed by atoms with E-state index in [1.54, 1.807) is 6.26 Å². The molecule has 16 heavy (non-hydrogen) atoms. The number of halogens is 1. The van der Waals surface area contributed by atoms with Gasteiger partial charge in [-0.25, -0.2) is 0 Å². The molecule has 2 unspecified atom stereocenters. The molecule has 1 aromatic rings. The average Bonchev–Trinajstić information content (AvgIpc) is 2.24. The van der Waals surface area contributed by atoms with E-state index in [1.165, 1.54) is 5.56 Å². The molecule has 1 N–H and O–H groups in total. The Morgan fingerprint density at radius 1 is 1.44 bits per heavy atom. The molecule has 0 fully saturated rings. The predicted octanol–water partition coefficient (Wildman–Crippen LogP) is 2.87. The maximum absolute atomic E-state index is 10.9. The van der Waals surface area contributed by atoms with Crippen LogP contribution in [0.2, 0.25) is 0 Å². The molecule has 0 aliphatic carbocycles. The highest BCUT2D eigenvalue weighted by Gasteiger charge is 2.07. The van der Waals surface area contributed by atoms with Crippen molar-refractivity contribution in [2.75, 3.05) is 18.6 Å². The maximum atomic E-state index is 10.9. The van der Waals surface area contributed by atoms with Crippen molar-refractivity contribution in [1.29, 1.82) is 0 Å². The fourth-order valence-corrected chi connectivity index (χ4v) is 2.71. The van der Waals surface area contributed by atoms with Gasteiger partial charge in [0.2, 0.25) is 0 Å². The summed E-state index contributed by atoms with van der Waals surface area (Å²) in [7, 11) is -0.678. The lowest BCUT2D eigenvalue weighted by Crippen LogP contribution is -2.21. The van der Waals surface area contributed by atoms with Crippen LogP contribution in [0.4, 0.5) is 0 Å². The van der Waals surface area contributed by atoms with Gasteiger partial charge in [-0.15, -0.1) is 0 Å². The average molecular weight is 304 g/mol. The SMILES string of the molecule is CC(NCCCS(C)=O)c1ccccc1Br. The number of hydrogen-bond acceptors (Lipinski definition) is 2. The van der Waals surface area contributed by atoms with E-state index in [-0.39, 0.29) is 0 Å². The molecule has 0 aromatic heterocycles.